The van der Waals surface area contributed by atoms with Gasteiger partial charge in [0.15, 0.2) is 0 Å². The summed E-state index contributed by atoms with van der Waals surface area (Å²) in [6.45, 7) is 1.49. The summed E-state index contributed by atoms with van der Waals surface area (Å²) >= 11 is 0. The number of amides is 2. The summed E-state index contributed by atoms with van der Waals surface area (Å²) in [6, 6.07) is 33.1. The Morgan fingerprint density at radius 2 is 1.40 bits per heavy atom. The van der Waals surface area contributed by atoms with Crippen molar-refractivity contribution in [2.24, 2.45) is 5.73 Å². The molecule has 0 unspecified atom stereocenters. The number of anilines is 2. The van der Waals surface area contributed by atoms with Crippen molar-refractivity contribution in [1.82, 2.24) is 5.32 Å². The van der Waals surface area contributed by atoms with Crippen molar-refractivity contribution in [3.63, 3.8) is 0 Å². The van der Waals surface area contributed by atoms with Crippen LogP contribution in [0.5, 0.6) is 0 Å². The smallest absolute Gasteiger partial charge is 0.475 e. The first-order valence-electron chi connectivity index (χ1n) is 13.0. The number of alkyl halides is 3. The molecule has 5 rings (SSSR count). The Balaban J connectivity index is 0.000000541. The Kier molecular flexibility index (Phi) is 9.58. The Morgan fingerprint density at radius 1 is 0.791 bits per heavy atom. The topological polar surface area (TPSA) is 134 Å². The molecule has 0 aromatic heterocycles. The monoisotopic (exact) mass is 588 g/mol. The van der Waals surface area contributed by atoms with E-state index in [-0.39, 0.29) is 5.91 Å². The largest absolute Gasteiger partial charge is 0.490 e. The summed E-state index contributed by atoms with van der Waals surface area (Å²) in [7, 11) is 0. The molecule has 6 N–H and O–H groups in total. The lowest BCUT2D eigenvalue weighted by Gasteiger charge is -2.16. The molecule has 1 aliphatic heterocycles. The predicted octanol–water partition coefficient (Wildman–Crippen LogP) is 5.64. The van der Waals surface area contributed by atoms with Gasteiger partial charge < -0.3 is 26.8 Å². The van der Waals surface area contributed by atoms with Crippen LogP contribution in [0.15, 0.2) is 103 Å². The van der Waals surface area contributed by atoms with E-state index in [9.17, 15) is 22.8 Å². The number of aliphatic carboxylic acids is 1. The molecule has 0 saturated carbocycles. The van der Waals surface area contributed by atoms with Crippen LogP contribution in [0, 0.1) is 0 Å². The second-order valence-corrected chi connectivity index (χ2v) is 9.41. The van der Waals surface area contributed by atoms with Crippen molar-refractivity contribution in [2.45, 2.75) is 19.3 Å². The van der Waals surface area contributed by atoms with E-state index < -0.39 is 18.1 Å². The zero-order valence-corrected chi connectivity index (χ0v) is 22.6. The van der Waals surface area contributed by atoms with Gasteiger partial charge in [-0.25, -0.2) is 4.79 Å². The van der Waals surface area contributed by atoms with Gasteiger partial charge in [0.25, 0.3) is 5.91 Å². The maximum Gasteiger partial charge on any atom is 0.490 e. The molecule has 0 fully saturated rings. The summed E-state index contributed by atoms with van der Waals surface area (Å²) in [5, 5.41) is 17.0. The van der Waals surface area contributed by atoms with Gasteiger partial charge in [0.2, 0.25) is 5.91 Å². The summed E-state index contributed by atoms with van der Waals surface area (Å²) < 4.78 is 31.7. The van der Waals surface area contributed by atoms with Gasteiger partial charge in [-0.3, -0.25) is 9.59 Å². The Labute approximate surface area is 245 Å². The number of rotatable bonds is 8. The van der Waals surface area contributed by atoms with Crippen LogP contribution in [0.4, 0.5) is 24.5 Å². The Morgan fingerprint density at radius 3 is 2.02 bits per heavy atom. The number of fused-ring (bicyclic) bond motifs is 1. The number of carboxylic acid groups (broad SMARTS) is 1. The molecule has 0 aliphatic carbocycles. The lowest BCUT2D eigenvalue weighted by molar-refractivity contribution is -0.192. The third kappa shape index (κ3) is 8.08. The molecule has 0 bridgehead atoms. The SMILES string of the molecule is NC(=O)c1ccc2c(c1)NC(=O)C2=C(Nc1cccc(CNCc2ccccc2)c1)c1ccccc1.O=C(O)C(F)(F)F. The van der Waals surface area contributed by atoms with E-state index in [0.29, 0.717) is 29.1 Å². The second-order valence-electron chi connectivity index (χ2n) is 9.41. The number of halogens is 3. The van der Waals surface area contributed by atoms with E-state index >= 15 is 0 Å². The van der Waals surface area contributed by atoms with Crippen molar-refractivity contribution in [2.75, 3.05) is 10.6 Å². The molecule has 2 amide bonds. The van der Waals surface area contributed by atoms with Crippen LogP contribution in [0.1, 0.15) is 32.6 Å². The van der Waals surface area contributed by atoms with Crippen LogP contribution >= 0.6 is 0 Å². The van der Waals surface area contributed by atoms with Gasteiger partial charge in [-0.05, 0) is 41.0 Å². The molecular weight excluding hydrogens is 561 g/mol. The van der Waals surface area contributed by atoms with Crippen molar-refractivity contribution >= 4 is 40.4 Å². The molecule has 11 heteroatoms. The molecule has 0 radical (unpaired) electrons. The normalized spacial score (nSPS) is 13.2. The van der Waals surface area contributed by atoms with Gasteiger partial charge in [-0.1, -0.05) is 78.9 Å². The molecule has 8 nitrogen and oxygen atoms in total. The van der Waals surface area contributed by atoms with E-state index in [2.05, 4.69) is 40.2 Å². The molecule has 4 aromatic rings. The van der Waals surface area contributed by atoms with E-state index in [1.165, 1.54) is 5.56 Å². The van der Waals surface area contributed by atoms with Gasteiger partial charge in [-0.15, -0.1) is 0 Å². The first kappa shape index (κ1) is 30.5. The van der Waals surface area contributed by atoms with E-state index in [4.69, 9.17) is 15.6 Å². The number of carboxylic acids is 1. The molecule has 1 heterocycles. The van der Waals surface area contributed by atoms with Gasteiger partial charge in [-0.2, -0.15) is 13.2 Å². The summed E-state index contributed by atoms with van der Waals surface area (Å²) in [5.74, 6) is -3.53. The zero-order chi connectivity index (χ0) is 31.0. The van der Waals surface area contributed by atoms with E-state index in [1.54, 1.807) is 18.2 Å². The second kappa shape index (κ2) is 13.5. The van der Waals surface area contributed by atoms with Crippen molar-refractivity contribution < 1.29 is 32.7 Å². The minimum Gasteiger partial charge on any atom is -0.475 e. The predicted molar refractivity (Wildman–Crippen MR) is 158 cm³/mol. The molecular formula is C32H27F3N4O4. The third-order valence-electron chi connectivity index (χ3n) is 6.30. The fraction of sp³-hybridized carbons (Fsp3) is 0.0938. The molecule has 0 saturated heterocycles. The molecule has 43 heavy (non-hydrogen) atoms. The van der Waals surface area contributed by atoms with Gasteiger partial charge in [0.1, 0.15) is 0 Å². The standard InChI is InChI=1S/C30H26N4O2.C2HF3O2/c31-29(35)23-14-15-25-26(17-23)34-30(36)27(25)28(22-11-5-2-6-12-22)33-24-13-7-10-21(16-24)19-32-18-20-8-3-1-4-9-20;3-2(4,5)1(6)7/h1-17,32-33H,18-19H2,(H2,31,35)(H,34,36);(H,6,7). The first-order valence-corrected chi connectivity index (χ1v) is 13.0. The number of carbonyl (C=O) groups is 3. The summed E-state index contributed by atoms with van der Waals surface area (Å²) in [6.07, 6.45) is -5.08. The highest BCUT2D eigenvalue weighted by atomic mass is 19.4. The lowest BCUT2D eigenvalue weighted by atomic mass is 9.99. The number of nitrogens with two attached hydrogens (primary N) is 1. The maximum absolute atomic E-state index is 13.1. The number of hydrogen-bond donors (Lipinski definition) is 5. The van der Waals surface area contributed by atoms with E-state index in [0.717, 1.165) is 28.9 Å². The van der Waals surface area contributed by atoms with Crippen molar-refractivity contribution in [3.8, 4) is 0 Å². The van der Waals surface area contributed by atoms with Crippen LogP contribution < -0.4 is 21.7 Å². The quantitative estimate of drug-likeness (QED) is 0.169. The van der Waals surface area contributed by atoms with Crippen molar-refractivity contribution in [3.05, 3.63) is 131 Å². The molecule has 220 valence electrons. The highest BCUT2D eigenvalue weighted by molar-refractivity contribution is 6.37. The van der Waals surface area contributed by atoms with Crippen LogP contribution in [0.3, 0.4) is 0 Å². The fourth-order valence-corrected chi connectivity index (χ4v) is 4.31. The highest BCUT2D eigenvalue weighted by Crippen LogP contribution is 2.38. The van der Waals surface area contributed by atoms with Gasteiger partial charge in [0.05, 0.1) is 11.3 Å². The van der Waals surface area contributed by atoms with Gasteiger partial charge in [0, 0.05) is 35.6 Å². The third-order valence-corrected chi connectivity index (χ3v) is 6.30. The van der Waals surface area contributed by atoms with Gasteiger partial charge >= 0.3 is 12.1 Å². The summed E-state index contributed by atoms with van der Waals surface area (Å²) in [5.41, 5.74) is 12.4. The van der Waals surface area contributed by atoms with Crippen LogP contribution in [-0.2, 0) is 22.7 Å². The van der Waals surface area contributed by atoms with Crippen molar-refractivity contribution in [1.29, 1.82) is 0 Å². The molecule has 0 spiro atoms. The fourth-order valence-electron chi connectivity index (χ4n) is 4.31. The van der Waals surface area contributed by atoms with Crippen LogP contribution in [0.2, 0.25) is 0 Å². The zero-order valence-electron chi connectivity index (χ0n) is 22.6. The summed E-state index contributed by atoms with van der Waals surface area (Å²) in [4.78, 5) is 33.6. The minimum absolute atomic E-state index is 0.237. The lowest BCUT2D eigenvalue weighted by Crippen LogP contribution is -2.21. The molecule has 4 aromatic carbocycles. The number of carbonyl (C=O) groups excluding carboxylic acids is 2. The number of nitrogens with one attached hydrogen (secondary N) is 3. The Hall–Kier alpha value is -5.42. The first-order chi connectivity index (χ1) is 20.5. The van der Waals surface area contributed by atoms with Crippen LogP contribution in [-0.4, -0.2) is 29.1 Å². The number of primary amides is 1. The molecule has 1 aliphatic rings. The van der Waals surface area contributed by atoms with Crippen LogP contribution in [0.25, 0.3) is 11.3 Å². The minimum atomic E-state index is -5.08. The highest BCUT2D eigenvalue weighted by Gasteiger charge is 2.38. The number of hydrogen-bond acceptors (Lipinski definition) is 5. The number of benzene rings is 4. The molecule has 0 atom stereocenters. The average molecular weight is 589 g/mol. The van der Waals surface area contributed by atoms with E-state index in [1.807, 2.05) is 60.7 Å². The maximum atomic E-state index is 13.1. The average Bonchev–Trinajstić information content (AvgIpc) is 3.31. The Bertz CT molecular complexity index is 1660.